The SMILES string of the molecule is COc1cc(C)[nH]c(=O)c1CNC(=O)c1cc2c(-c3ccc(N)nc3)ccn2c(C(C)N2CCN(CC(F)(F)F)CC2)c1C.COc1cc(C)[nH]c(=O)c1CNC(=O)c1cc2c(-c3ccnc4c3CCN4)ccn2c(C(C)N2CCN(CC(F)(F)F)CC2)c1C.COc1cc(C)[nH]c(=O)c1CNC(=O)c1cc2c(-c3cnc(C)nc3)ccn2c([C@@H](C)N2CCN(CC(F)(F)F)CC2)c1C. The second-order valence-corrected chi connectivity index (χ2v) is 34.4. The van der Waals surface area contributed by atoms with Gasteiger partial charge in [0.1, 0.15) is 34.7 Å². The number of anilines is 2. The third-order valence-corrected chi connectivity index (χ3v) is 25.6. The van der Waals surface area contributed by atoms with Gasteiger partial charge in [-0.05, 0) is 171 Å². The summed E-state index contributed by atoms with van der Waals surface area (Å²) in [6.45, 7) is 21.1. The van der Waals surface area contributed by atoms with E-state index < -0.39 is 38.2 Å². The number of nitrogens with one attached hydrogen (secondary N) is 7. The van der Waals surface area contributed by atoms with Gasteiger partial charge < -0.3 is 69.4 Å². The number of hydrogen-bond acceptors (Lipinski definition) is 21. The first-order valence-corrected chi connectivity index (χ1v) is 44.1. The Balaban J connectivity index is 0.000000161. The number of ether oxygens (including phenoxy) is 3. The van der Waals surface area contributed by atoms with E-state index in [4.69, 9.17) is 19.9 Å². The molecule has 3 fully saturated rings. The predicted molar refractivity (Wildman–Crippen MR) is 491 cm³/mol. The lowest BCUT2D eigenvalue weighted by molar-refractivity contribution is -0.150. The zero-order valence-corrected chi connectivity index (χ0v) is 76.8. The van der Waals surface area contributed by atoms with E-state index in [-0.39, 0.29) is 98.3 Å². The van der Waals surface area contributed by atoms with Crippen LogP contribution in [0.15, 0.2) is 131 Å². The molecule has 0 aromatic carbocycles. The molecule has 0 spiro atoms. The number of aromatic nitrogens is 10. The molecule has 0 saturated carbocycles. The Hall–Kier alpha value is -13.0. The van der Waals surface area contributed by atoms with Crippen molar-refractivity contribution >= 4 is 45.9 Å². The summed E-state index contributed by atoms with van der Waals surface area (Å²) >= 11 is 0. The van der Waals surface area contributed by atoms with E-state index in [9.17, 15) is 68.3 Å². The average Bonchev–Trinajstić information content (AvgIpc) is 1.57. The van der Waals surface area contributed by atoms with Crippen molar-refractivity contribution in [2.45, 2.75) is 132 Å². The van der Waals surface area contributed by atoms with Crippen LogP contribution in [-0.2, 0) is 26.1 Å². The zero-order valence-electron chi connectivity index (χ0n) is 76.8. The van der Waals surface area contributed by atoms with Crippen molar-refractivity contribution < 1.29 is 68.1 Å². The number of carbonyl (C=O) groups excluding carboxylic acids is 3. The summed E-state index contributed by atoms with van der Waals surface area (Å²) in [4.78, 5) is 116. The topological polar surface area (TPSA) is 336 Å². The summed E-state index contributed by atoms with van der Waals surface area (Å²) in [5.74, 6) is 1.92. The van der Waals surface area contributed by atoms with E-state index in [1.807, 2.05) is 117 Å². The molecule has 16 rings (SSSR count). The van der Waals surface area contributed by atoms with Gasteiger partial charge in [-0.25, -0.2) is 19.9 Å². The molecular weight excluding hydrogens is 1750 g/mol. The van der Waals surface area contributed by atoms with Gasteiger partial charge in [-0.15, -0.1) is 0 Å². The van der Waals surface area contributed by atoms with Crippen molar-refractivity contribution in [2.75, 3.05) is 137 Å². The van der Waals surface area contributed by atoms with Gasteiger partial charge in [-0.1, -0.05) is 0 Å². The molecule has 12 aromatic rings. The molecule has 2 unspecified atom stereocenters. The molecule has 0 bridgehead atoms. The summed E-state index contributed by atoms with van der Waals surface area (Å²) in [5.41, 5.74) is 22.4. The van der Waals surface area contributed by atoms with E-state index >= 15 is 0 Å². The Morgan fingerprint density at radius 2 is 0.769 bits per heavy atom. The number of piperazine rings is 3. The number of hydrogen-bond donors (Lipinski definition) is 8. The number of nitrogen functional groups attached to an aromatic ring is 1. The minimum atomic E-state index is -4.25. The molecule has 9 N–H and O–H groups in total. The number of nitrogens with two attached hydrogens (primary N) is 1. The molecule has 16 heterocycles. The lowest BCUT2D eigenvalue weighted by atomic mass is 9.97. The maximum atomic E-state index is 13.9. The molecule has 0 aliphatic carbocycles. The first-order valence-electron chi connectivity index (χ1n) is 44.1. The number of alkyl halides is 9. The Labute approximate surface area is 766 Å². The predicted octanol–water partition coefficient (Wildman–Crippen LogP) is 12.7. The van der Waals surface area contributed by atoms with Crippen molar-refractivity contribution in [2.24, 2.45) is 0 Å². The van der Waals surface area contributed by atoms with Crippen molar-refractivity contribution in [3.8, 4) is 50.6 Å². The Kier molecular flexibility index (Phi) is 29.3. The van der Waals surface area contributed by atoms with Gasteiger partial charge in [0.25, 0.3) is 34.4 Å². The summed E-state index contributed by atoms with van der Waals surface area (Å²) in [5, 5.41) is 12.0. The number of H-pyrrole nitrogens is 3. The van der Waals surface area contributed by atoms with Crippen molar-refractivity contribution in [3.05, 3.63) is 243 Å². The fourth-order valence-corrected chi connectivity index (χ4v) is 18.7. The van der Waals surface area contributed by atoms with Gasteiger partial charge in [0, 0.05) is 231 Å². The number of halogens is 9. The van der Waals surface area contributed by atoms with Crippen LogP contribution in [0.3, 0.4) is 0 Å². The number of aryl methyl sites for hydroxylation is 4. The molecule has 3 amide bonds. The number of carbonyl (C=O) groups is 3. The van der Waals surface area contributed by atoms with Crippen LogP contribution in [0.4, 0.5) is 51.1 Å². The molecule has 3 saturated heterocycles. The molecule has 4 aliphatic rings. The Morgan fingerprint density at radius 1 is 0.433 bits per heavy atom. The van der Waals surface area contributed by atoms with Gasteiger partial charge in [0.05, 0.1) is 93.8 Å². The van der Waals surface area contributed by atoms with Gasteiger partial charge in [-0.2, -0.15) is 39.5 Å². The molecule has 0 radical (unpaired) electrons. The summed E-state index contributed by atoms with van der Waals surface area (Å²) in [7, 11) is 4.42. The maximum absolute atomic E-state index is 13.9. The van der Waals surface area contributed by atoms with Crippen LogP contribution in [-0.4, -0.2) is 240 Å². The lowest BCUT2D eigenvalue weighted by Gasteiger charge is -2.39. The second kappa shape index (κ2) is 40.5. The molecule has 39 heteroatoms. The molecule has 3 atom stereocenters. The highest BCUT2D eigenvalue weighted by Crippen LogP contribution is 2.41. The van der Waals surface area contributed by atoms with Gasteiger partial charge in [-0.3, -0.25) is 58.2 Å². The summed E-state index contributed by atoms with van der Waals surface area (Å²) in [6.07, 6.45) is 0.862. The van der Waals surface area contributed by atoms with Crippen LogP contribution in [0, 0.1) is 48.5 Å². The third-order valence-electron chi connectivity index (χ3n) is 25.6. The highest BCUT2D eigenvalue weighted by atomic mass is 19.4. The largest absolute Gasteiger partial charge is 0.496 e. The Morgan fingerprint density at radius 3 is 1.10 bits per heavy atom. The summed E-state index contributed by atoms with van der Waals surface area (Å²) < 4.78 is 139. The smallest absolute Gasteiger partial charge is 0.401 e. The van der Waals surface area contributed by atoms with Crippen LogP contribution in [0.5, 0.6) is 17.2 Å². The van der Waals surface area contributed by atoms with Crippen LogP contribution in [0.25, 0.3) is 49.9 Å². The zero-order chi connectivity index (χ0) is 96.3. The van der Waals surface area contributed by atoms with Gasteiger partial charge in [0.2, 0.25) is 0 Å². The normalized spacial score (nSPS) is 15.7. The quantitative estimate of drug-likeness (QED) is 0.0261. The molecule has 12 aromatic heterocycles. The number of pyridine rings is 8. The van der Waals surface area contributed by atoms with Crippen LogP contribution < -0.4 is 57.9 Å². The van der Waals surface area contributed by atoms with E-state index in [0.717, 1.165) is 108 Å². The standard InChI is InChI=1S/C33H38F3N7O3.2C31H36F3N7O3/c1-19-15-28(46-4)26(32(45)40-19)17-39-31(44)25-16-27-23(22-5-8-37-30-24(22)6-9-38-30)7-10-43(27)29(20(25)2)21(3)42-13-11-41(12-14-42)18-33(34,35)36;1-18-12-27(44-5)25(30(43)38-18)16-37-29(42)24-13-26-23(22-14-35-21(4)36-15-22)6-7-41(26)28(19(24)2)20(3)40-10-8-39(9-11-40)17-31(32,33)34;1-18-13-26(44-4)24(30(43)38-18)16-37-29(42)23-14-25-22(21-5-6-27(35)36-15-21)7-8-41(25)28(19(23)2)20(3)40-11-9-39(10-12-40)17-31(32,33)34/h5,7-8,10,15-16,21H,6,9,11-14,17-18H2,1-4H3,(H,37,38)(H,39,44)(H,40,45);6-7,12-15,20H,8-11,16-17H2,1-5H3,(H,37,42)(H,38,43);5-8,13-15,20H,9-12,16-17H2,1-4H3,(H2,35,36)(H,37,42)(H,38,43)/t;20-;/m.1./s1. The van der Waals surface area contributed by atoms with Gasteiger partial charge >= 0.3 is 18.5 Å². The van der Waals surface area contributed by atoms with E-state index in [1.54, 1.807) is 76.7 Å². The van der Waals surface area contributed by atoms with Crippen molar-refractivity contribution in [1.29, 1.82) is 0 Å². The summed E-state index contributed by atoms with van der Waals surface area (Å²) in [6, 6.07) is 21.4. The molecule has 30 nitrogen and oxygen atoms in total. The number of methoxy groups -OCH3 is 3. The maximum Gasteiger partial charge on any atom is 0.401 e. The average molecular weight is 1860 g/mol. The van der Waals surface area contributed by atoms with Crippen molar-refractivity contribution in [1.82, 2.24) is 93.4 Å². The highest BCUT2D eigenvalue weighted by molar-refractivity contribution is 6.01. The first kappa shape index (κ1) is 97.1. The fraction of sp³-hybridized carbons (Fsp3) is 0.411. The van der Waals surface area contributed by atoms with Crippen LogP contribution >= 0.6 is 0 Å². The number of aromatic amines is 3. The Bertz CT molecular complexity index is 6260. The second-order valence-electron chi connectivity index (χ2n) is 34.4. The first-order chi connectivity index (χ1) is 63.7. The minimum Gasteiger partial charge on any atom is -0.496 e. The number of rotatable bonds is 24. The van der Waals surface area contributed by atoms with E-state index in [2.05, 4.69) is 75.3 Å². The number of nitrogens with zero attached hydrogens (tertiary/aromatic N) is 13. The van der Waals surface area contributed by atoms with E-state index in [0.29, 0.717) is 132 Å². The number of amides is 3. The molecular formula is C95H110F9N21O9. The fourth-order valence-electron chi connectivity index (χ4n) is 18.7. The molecule has 4 aliphatic heterocycles. The van der Waals surface area contributed by atoms with E-state index in [1.165, 1.54) is 36.0 Å². The van der Waals surface area contributed by atoms with Crippen LogP contribution in [0.1, 0.15) is 149 Å². The molecule has 712 valence electrons. The lowest BCUT2D eigenvalue weighted by Crippen LogP contribution is -2.49. The molecule has 134 heavy (non-hydrogen) atoms. The number of fused-ring (bicyclic) bond motifs is 4. The van der Waals surface area contributed by atoms with Gasteiger partial charge in [0.15, 0.2) is 0 Å². The van der Waals surface area contributed by atoms with Crippen LogP contribution in [0.2, 0.25) is 0 Å². The monoisotopic (exact) mass is 1860 g/mol. The minimum absolute atomic E-state index is 0.0360. The highest BCUT2D eigenvalue weighted by Gasteiger charge is 2.39. The third kappa shape index (κ3) is 21.8. The van der Waals surface area contributed by atoms with Crippen molar-refractivity contribution in [3.63, 3.8) is 0 Å².